The summed E-state index contributed by atoms with van der Waals surface area (Å²) in [7, 11) is 1.65. The van der Waals surface area contributed by atoms with E-state index in [1.807, 2.05) is 13.8 Å². The highest BCUT2D eigenvalue weighted by atomic mass is 16.5. The van der Waals surface area contributed by atoms with Gasteiger partial charge in [0.1, 0.15) is 0 Å². The Kier molecular flexibility index (Phi) is 18.7. The van der Waals surface area contributed by atoms with Gasteiger partial charge in [-0.3, -0.25) is 19.7 Å². The first kappa shape index (κ1) is 32.7. The van der Waals surface area contributed by atoms with Gasteiger partial charge in [0.05, 0.1) is 25.0 Å². The van der Waals surface area contributed by atoms with Gasteiger partial charge in [0.25, 0.3) is 0 Å². The van der Waals surface area contributed by atoms with Gasteiger partial charge in [0, 0.05) is 26.6 Å². The Hall–Kier alpha value is -2.27. The van der Waals surface area contributed by atoms with E-state index >= 15 is 0 Å². The van der Waals surface area contributed by atoms with Crippen molar-refractivity contribution in [3.05, 3.63) is 24.9 Å². The molecule has 1 atom stereocenters. The van der Waals surface area contributed by atoms with Crippen molar-refractivity contribution in [2.24, 2.45) is 5.73 Å². The van der Waals surface area contributed by atoms with Crippen molar-refractivity contribution in [1.82, 2.24) is 20.9 Å². The molecule has 0 unspecified atom stereocenters. The van der Waals surface area contributed by atoms with Crippen molar-refractivity contribution in [3.63, 3.8) is 0 Å². The summed E-state index contributed by atoms with van der Waals surface area (Å²) in [5.41, 5.74) is 4.81. The lowest BCUT2D eigenvalue weighted by atomic mass is 10.1. The largest absolute Gasteiger partial charge is 0.382 e. The lowest BCUT2D eigenvalue weighted by molar-refractivity contribution is -0.124. The molecule has 0 aromatic carbocycles. The van der Waals surface area contributed by atoms with Gasteiger partial charge in [0.2, 0.25) is 17.7 Å². The van der Waals surface area contributed by atoms with Crippen LogP contribution in [0.5, 0.6) is 0 Å². The van der Waals surface area contributed by atoms with Crippen molar-refractivity contribution in [2.75, 3.05) is 46.6 Å². The molecule has 10 nitrogen and oxygen atoms in total. The number of amides is 3. The van der Waals surface area contributed by atoms with Crippen molar-refractivity contribution in [1.29, 1.82) is 0 Å². The maximum atomic E-state index is 12.7. The van der Waals surface area contributed by atoms with Crippen molar-refractivity contribution in [3.8, 4) is 0 Å². The summed E-state index contributed by atoms with van der Waals surface area (Å²) in [6, 6.07) is -0.358. The first-order chi connectivity index (χ1) is 16.7. The first-order valence-electron chi connectivity index (χ1n) is 12.4. The average Bonchev–Trinajstić information content (AvgIpc) is 2.79. The number of primary amides is 1. The minimum absolute atomic E-state index is 0.0994. The minimum Gasteiger partial charge on any atom is -0.382 e. The van der Waals surface area contributed by atoms with Crippen molar-refractivity contribution in [2.45, 2.75) is 70.9 Å². The number of rotatable bonds is 22. The van der Waals surface area contributed by atoms with Gasteiger partial charge >= 0.3 is 0 Å². The van der Waals surface area contributed by atoms with Crippen LogP contribution in [-0.2, 0) is 23.9 Å². The van der Waals surface area contributed by atoms with Gasteiger partial charge in [-0.15, -0.1) is 0 Å². The fourth-order valence-corrected chi connectivity index (χ4v) is 3.29. The van der Waals surface area contributed by atoms with Gasteiger partial charge in [-0.05, 0) is 71.8 Å². The van der Waals surface area contributed by atoms with E-state index in [1.54, 1.807) is 25.0 Å². The fourth-order valence-electron chi connectivity index (χ4n) is 3.29. The summed E-state index contributed by atoms with van der Waals surface area (Å²) in [4.78, 5) is 37.1. The third-order valence-electron chi connectivity index (χ3n) is 5.15. The summed E-state index contributed by atoms with van der Waals surface area (Å²) in [5.74, 6) is -0.596. The Labute approximate surface area is 211 Å². The molecule has 0 saturated carbocycles. The summed E-state index contributed by atoms with van der Waals surface area (Å²) >= 11 is 0. The third-order valence-corrected chi connectivity index (χ3v) is 5.15. The highest BCUT2D eigenvalue weighted by molar-refractivity contribution is 5.88. The van der Waals surface area contributed by atoms with Gasteiger partial charge in [-0.2, -0.15) is 0 Å². The molecular weight excluding hydrogens is 450 g/mol. The highest BCUT2D eigenvalue weighted by Gasteiger charge is 2.18. The lowest BCUT2D eigenvalue weighted by Gasteiger charge is -2.24. The topological polar surface area (TPSA) is 135 Å². The second-order valence-corrected chi connectivity index (χ2v) is 8.91. The molecule has 0 saturated heterocycles. The van der Waals surface area contributed by atoms with Crippen LogP contribution in [0.15, 0.2) is 24.9 Å². The van der Waals surface area contributed by atoms with E-state index in [-0.39, 0.29) is 35.8 Å². The second kappa shape index (κ2) is 20.0. The molecular formula is C25H47N5O5. The number of carbonyl (C=O) groups excluding carboxylic acids is 3. The number of methoxy groups -OCH3 is 1. The van der Waals surface area contributed by atoms with Gasteiger partial charge in [-0.25, -0.2) is 0 Å². The summed E-state index contributed by atoms with van der Waals surface area (Å²) in [6.45, 7) is 12.6. The zero-order valence-electron chi connectivity index (χ0n) is 22.1. The molecule has 0 spiro atoms. The van der Waals surface area contributed by atoms with Crippen molar-refractivity contribution < 1.29 is 23.9 Å². The second-order valence-electron chi connectivity index (χ2n) is 8.91. The van der Waals surface area contributed by atoms with E-state index in [2.05, 4.69) is 22.5 Å². The van der Waals surface area contributed by atoms with Crippen LogP contribution in [0, 0.1) is 0 Å². The highest BCUT2D eigenvalue weighted by Crippen LogP contribution is 2.08. The molecule has 10 heteroatoms. The van der Waals surface area contributed by atoms with E-state index in [1.165, 1.54) is 12.3 Å². The molecule has 0 fully saturated rings. The van der Waals surface area contributed by atoms with Gasteiger partial charge in [-0.1, -0.05) is 19.1 Å². The van der Waals surface area contributed by atoms with Crippen LogP contribution in [0.2, 0.25) is 0 Å². The maximum absolute atomic E-state index is 12.7. The zero-order valence-corrected chi connectivity index (χ0v) is 22.1. The quantitative estimate of drug-likeness (QED) is 0.101. The number of hydrogen-bond donors (Lipinski definition) is 4. The normalized spacial score (nSPS) is 12.5. The smallest absolute Gasteiger partial charge is 0.250 e. The molecule has 35 heavy (non-hydrogen) atoms. The summed E-state index contributed by atoms with van der Waals surface area (Å²) in [6.07, 6.45) is 8.54. The third kappa shape index (κ3) is 17.8. The molecule has 0 aliphatic carbocycles. The van der Waals surface area contributed by atoms with Crippen LogP contribution in [-0.4, -0.2) is 80.9 Å². The van der Waals surface area contributed by atoms with E-state index in [9.17, 15) is 14.4 Å². The number of allylic oxidation sites excluding steroid dienone is 1. The lowest BCUT2D eigenvalue weighted by Crippen LogP contribution is -2.45. The number of hydrogen-bond acceptors (Lipinski definition) is 7. The number of carbonyl (C=O) groups is 3. The number of nitrogens with one attached hydrogen (secondary N) is 3. The monoisotopic (exact) mass is 497 g/mol. The molecule has 3 amide bonds. The first-order valence-corrected chi connectivity index (χ1v) is 12.4. The molecule has 202 valence electrons. The summed E-state index contributed by atoms with van der Waals surface area (Å²) in [5, 5.41) is 9.43. The molecule has 0 bridgehead atoms. The van der Waals surface area contributed by atoms with E-state index in [4.69, 9.17) is 15.2 Å². The Morgan fingerprint density at radius 3 is 2.49 bits per heavy atom. The average molecular weight is 498 g/mol. The van der Waals surface area contributed by atoms with E-state index < -0.39 is 0 Å². The molecule has 0 radical (unpaired) electrons. The molecule has 0 aliphatic rings. The molecule has 0 rings (SSSR count). The molecule has 0 aromatic rings. The molecule has 0 aromatic heterocycles. The minimum atomic E-state index is -0.379. The van der Waals surface area contributed by atoms with Crippen molar-refractivity contribution >= 4 is 17.7 Å². The maximum Gasteiger partial charge on any atom is 0.250 e. The number of ether oxygens (including phenoxy) is 2. The Morgan fingerprint density at radius 1 is 1.11 bits per heavy atom. The van der Waals surface area contributed by atoms with Crippen LogP contribution < -0.4 is 21.7 Å². The van der Waals surface area contributed by atoms with Crippen LogP contribution in [0.1, 0.15) is 59.3 Å². The van der Waals surface area contributed by atoms with Crippen LogP contribution >= 0.6 is 0 Å². The standard InChI is InChI=1S/C25H47N5O5/c1-6-12-23(32)30(7-2)18-11-17-28-21(24(33)29-16-10-14-22(26)31)13-8-9-15-27-20-35-25(3,4)19-34-5/h6-7,12,21,27-28H,2,8-11,13-20H2,1,3-5H3,(H2,26,31)(H,29,33)/b12-6-/t21-/m0/s1. The predicted molar refractivity (Wildman–Crippen MR) is 138 cm³/mol. The Balaban J connectivity index is 4.48. The zero-order chi connectivity index (χ0) is 26.5. The van der Waals surface area contributed by atoms with E-state index in [0.717, 1.165) is 19.4 Å². The summed E-state index contributed by atoms with van der Waals surface area (Å²) < 4.78 is 10.9. The van der Waals surface area contributed by atoms with Crippen LogP contribution in [0.4, 0.5) is 0 Å². The fraction of sp³-hybridized carbons (Fsp3) is 0.720. The van der Waals surface area contributed by atoms with Gasteiger partial charge < -0.3 is 30.7 Å². The molecule has 0 heterocycles. The SMILES string of the molecule is C=CN(CCCN[C@@H](CCCCNCOC(C)(C)COC)C(=O)NCCCC(N)=O)C(=O)/C=C\C. The number of nitrogens with zero attached hydrogens (tertiary/aromatic N) is 1. The number of nitrogens with two attached hydrogens (primary N) is 1. The number of unbranched alkanes of at least 4 members (excludes halogenated alkanes) is 1. The Morgan fingerprint density at radius 2 is 1.86 bits per heavy atom. The molecule has 0 aliphatic heterocycles. The predicted octanol–water partition coefficient (Wildman–Crippen LogP) is 1.42. The Bertz CT molecular complexity index is 654. The van der Waals surface area contributed by atoms with Crippen LogP contribution in [0.3, 0.4) is 0 Å². The molecule has 5 N–H and O–H groups in total. The van der Waals surface area contributed by atoms with Gasteiger partial charge in [0.15, 0.2) is 0 Å². The van der Waals surface area contributed by atoms with E-state index in [0.29, 0.717) is 52.2 Å². The van der Waals surface area contributed by atoms with Crippen LogP contribution in [0.25, 0.3) is 0 Å².